The van der Waals surface area contributed by atoms with Crippen molar-refractivity contribution >= 4 is 17.0 Å². The predicted molar refractivity (Wildman–Crippen MR) is 66.7 cm³/mol. The first-order valence-electron chi connectivity index (χ1n) is 6.27. The zero-order chi connectivity index (χ0) is 11.7. The summed E-state index contributed by atoms with van der Waals surface area (Å²) in [6, 6.07) is 0.504. The second kappa shape index (κ2) is 4.31. The number of nitrogens with one attached hydrogen (secondary N) is 2. The Kier molecular flexibility index (Phi) is 2.66. The maximum atomic E-state index is 4.30. The SMILES string of the molecule is CCC(CC1CC1)Nc1ncnc2nc[nH]c12. The van der Waals surface area contributed by atoms with Gasteiger partial charge in [-0.1, -0.05) is 19.8 Å². The monoisotopic (exact) mass is 231 g/mol. The third-order valence-electron chi connectivity index (χ3n) is 3.37. The van der Waals surface area contributed by atoms with E-state index in [9.17, 15) is 0 Å². The summed E-state index contributed by atoms with van der Waals surface area (Å²) in [5.74, 6) is 1.80. The molecule has 0 amide bonds. The van der Waals surface area contributed by atoms with Crippen molar-refractivity contribution in [3.63, 3.8) is 0 Å². The second-order valence-electron chi connectivity index (χ2n) is 4.75. The average Bonchev–Trinajstić information content (AvgIpc) is 3.03. The van der Waals surface area contributed by atoms with Crippen molar-refractivity contribution in [3.05, 3.63) is 12.7 Å². The van der Waals surface area contributed by atoms with E-state index in [0.29, 0.717) is 6.04 Å². The zero-order valence-corrected chi connectivity index (χ0v) is 9.98. The van der Waals surface area contributed by atoms with Crippen LogP contribution in [0.1, 0.15) is 32.6 Å². The number of anilines is 1. The van der Waals surface area contributed by atoms with E-state index in [1.165, 1.54) is 19.3 Å². The van der Waals surface area contributed by atoms with E-state index in [1.54, 1.807) is 12.7 Å². The standard InChI is InChI=1S/C12H17N5/c1-2-9(5-8-3-4-8)17-12-10-11(14-6-13-10)15-7-16-12/h6-9H,2-5H2,1H3,(H2,13,14,15,16,17). The largest absolute Gasteiger partial charge is 0.365 e. The molecule has 1 aliphatic rings. The van der Waals surface area contributed by atoms with Crippen LogP contribution < -0.4 is 5.32 Å². The number of aromatic nitrogens is 4. The topological polar surface area (TPSA) is 66.5 Å². The summed E-state index contributed by atoms with van der Waals surface area (Å²) in [7, 11) is 0. The van der Waals surface area contributed by atoms with Gasteiger partial charge in [-0.15, -0.1) is 0 Å². The summed E-state index contributed by atoms with van der Waals surface area (Å²) < 4.78 is 0. The fourth-order valence-corrected chi connectivity index (χ4v) is 2.15. The molecule has 90 valence electrons. The molecule has 1 atom stereocenters. The Bertz CT molecular complexity index is 502. The second-order valence-corrected chi connectivity index (χ2v) is 4.75. The highest BCUT2D eigenvalue weighted by Crippen LogP contribution is 2.34. The third kappa shape index (κ3) is 2.23. The molecule has 5 heteroatoms. The first-order chi connectivity index (χ1) is 8.36. The number of rotatable bonds is 5. The van der Waals surface area contributed by atoms with Crippen molar-refractivity contribution < 1.29 is 0 Å². The zero-order valence-electron chi connectivity index (χ0n) is 9.98. The fourth-order valence-electron chi connectivity index (χ4n) is 2.15. The molecule has 3 rings (SSSR count). The molecular formula is C12H17N5. The van der Waals surface area contributed by atoms with Crippen LogP contribution in [-0.4, -0.2) is 26.0 Å². The molecule has 0 radical (unpaired) electrons. The molecule has 2 aromatic heterocycles. The summed E-state index contributed by atoms with van der Waals surface area (Å²) in [5, 5.41) is 3.51. The maximum absolute atomic E-state index is 4.30. The number of imidazole rings is 1. The van der Waals surface area contributed by atoms with E-state index < -0.39 is 0 Å². The molecule has 1 fully saturated rings. The molecule has 1 unspecified atom stereocenters. The van der Waals surface area contributed by atoms with Crippen molar-refractivity contribution in [2.24, 2.45) is 5.92 Å². The highest BCUT2D eigenvalue weighted by molar-refractivity contribution is 5.82. The van der Waals surface area contributed by atoms with Crippen molar-refractivity contribution in [1.82, 2.24) is 19.9 Å². The van der Waals surface area contributed by atoms with Crippen molar-refractivity contribution in [2.75, 3.05) is 5.32 Å². The van der Waals surface area contributed by atoms with Gasteiger partial charge in [-0.2, -0.15) is 0 Å². The van der Waals surface area contributed by atoms with Gasteiger partial charge in [-0.05, 0) is 18.8 Å². The lowest BCUT2D eigenvalue weighted by molar-refractivity contribution is 0.585. The van der Waals surface area contributed by atoms with E-state index in [1.807, 2.05) is 0 Å². The van der Waals surface area contributed by atoms with Gasteiger partial charge in [0.05, 0.1) is 6.33 Å². The summed E-state index contributed by atoms with van der Waals surface area (Å²) in [6.45, 7) is 2.21. The van der Waals surface area contributed by atoms with E-state index in [2.05, 4.69) is 32.2 Å². The number of nitrogens with zero attached hydrogens (tertiary/aromatic N) is 3. The normalized spacial score (nSPS) is 17.2. The van der Waals surface area contributed by atoms with Gasteiger partial charge in [-0.3, -0.25) is 0 Å². The molecule has 0 bridgehead atoms. The summed E-state index contributed by atoms with van der Waals surface area (Å²) >= 11 is 0. The minimum absolute atomic E-state index is 0.504. The molecule has 1 aliphatic carbocycles. The number of hydrogen-bond acceptors (Lipinski definition) is 4. The molecule has 2 heterocycles. The maximum Gasteiger partial charge on any atom is 0.182 e. The van der Waals surface area contributed by atoms with Crippen LogP contribution in [0.3, 0.4) is 0 Å². The number of fused-ring (bicyclic) bond motifs is 1. The molecule has 2 aromatic rings. The molecule has 5 nitrogen and oxygen atoms in total. The van der Waals surface area contributed by atoms with Gasteiger partial charge >= 0.3 is 0 Å². The van der Waals surface area contributed by atoms with Crippen LogP contribution in [0.4, 0.5) is 5.82 Å². The van der Waals surface area contributed by atoms with Crippen molar-refractivity contribution in [1.29, 1.82) is 0 Å². The van der Waals surface area contributed by atoms with Crippen LogP contribution in [0.25, 0.3) is 11.2 Å². The van der Waals surface area contributed by atoms with Gasteiger partial charge in [-0.25, -0.2) is 15.0 Å². The number of H-pyrrole nitrogens is 1. The van der Waals surface area contributed by atoms with Crippen LogP contribution in [-0.2, 0) is 0 Å². The first kappa shape index (κ1) is 10.5. The van der Waals surface area contributed by atoms with E-state index in [4.69, 9.17) is 0 Å². The van der Waals surface area contributed by atoms with Gasteiger partial charge in [0.15, 0.2) is 11.5 Å². The van der Waals surface area contributed by atoms with Crippen molar-refractivity contribution in [3.8, 4) is 0 Å². The Morgan fingerprint density at radius 1 is 1.41 bits per heavy atom. The highest BCUT2D eigenvalue weighted by atomic mass is 15.1. The van der Waals surface area contributed by atoms with Gasteiger partial charge in [0.2, 0.25) is 0 Å². The Labute approximate surface area is 100 Å². The molecular weight excluding hydrogens is 214 g/mol. The smallest absolute Gasteiger partial charge is 0.182 e. The summed E-state index contributed by atoms with van der Waals surface area (Å²) in [5.41, 5.74) is 1.63. The lowest BCUT2D eigenvalue weighted by Crippen LogP contribution is -2.20. The molecule has 0 saturated heterocycles. The molecule has 17 heavy (non-hydrogen) atoms. The lowest BCUT2D eigenvalue weighted by Gasteiger charge is -2.17. The Hall–Kier alpha value is -1.65. The summed E-state index contributed by atoms with van der Waals surface area (Å²) in [4.78, 5) is 15.6. The highest BCUT2D eigenvalue weighted by Gasteiger charge is 2.25. The Morgan fingerprint density at radius 3 is 3.06 bits per heavy atom. The van der Waals surface area contributed by atoms with Gasteiger partial charge in [0.1, 0.15) is 11.8 Å². The third-order valence-corrected chi connectivity index (χ3v) is 3.37. The molecule has 0 aromatic carbocycles. The van der Waals surface area contributed by atoms with E-state index in [0.717, 1.165) is 29.3 Å². The molecule has 1 saturated carbocycles. The van der Waals surface area contributed by atoms with Gasteiger partial charge in [0.25, 0.3) is 0 Å². The van der Waals surface area contributed by atoms with Crippen molar-refractivity contribution in [2.45, 2.75) is 38.6 Å². The Balaban J connectivity index is 1.79. The van der Waals surface area contributed by atoms with E-state index in [-0.39, 0.29) is 0 Å². The average molecular weight is 231 g/mol. The molecule has 2 N–H and O–H groups in total. The lowest BCUT2D eigenvalue weighted by atomic mass is 10.1. The van der Waals surface area contributed by atoms with Crippen LogP contribution in [0.15, 0.2) is 12.7 Å². The first-order valence-corrected chi connectivity index (χ1v) is 6.27. The quantitative estimate of drug-likeness (QED) is 0.829. The van der Waals surface area contributed by atoms with E-state index >= 15 is 0 Å². The van der Waals surface area contributed by atoms with Crippen LogP contribution >= 0.6 is 0 Å². The number of hydrogen-bond donors (Lipinski definition) is 2. The molecule has 0 spiro atoms. The Morgan fingerprint density at radius 2 is 2.29 bits per heavy atom. The minimum Gasteiger partial charge on any atom is -0.365 e. The molecule has 0 aliphatic heterocycles. The van der Waals surface area contributed by atoms with Gasteiger partial charge in [0, 0.05) is 6.04 Å². The fraction of sp³-hybridized carbons (Fsp3) is 0.583. The van der Waals surface area contributed by atoms with Gasteiger partial charge < -0.3 is 10.3 Å². The van der Waals surface area contributed by atoms with Crippen LogP contribution in [0.5, 0.6) is 0 Å². The number of aromatic amines is 1. The summed E-state index contributed by atoms with van der Waals surface area (Å²) in [6.07, 6.45) is 8.37. The minimum atomic E-state index is 0.504. The van der Waals surface area contributed by atoms with Crippen LogP contribution in [0, 0.1) is 5.92 Å². The van der Waals surface area contributed by atoms with Crippen LogP contribution in [0.2, 0.25) is 0 Å². The predicted octanol–water partition coefficient (Wildman–Crippen LogP) is 2.34.